The number of carbonyl (C=O) groups excluding carboxylic acids is 1. The molecule has 0 spiro atoms. The second-order valence-electron chi connectivity index (χ2n) is 5.69. The van der Waals surface area contributed by atoms with Gasteiger partial charge in [-0.05, 0) is 59.0 Å². The first-order valence-electron chi connectivity index (χ1n) is 8.09. The minimum atomic E-state index is -1.01. The van der Waals surface area contributed by atoms with Gasteiger partial charge in [0.15, 0.2) is 0 Å². The number of amides is 1. The molecule has 6 nitrogen and oxygen atoms in total. The molecule has 0 aliphatic carbocycles. The number of hydrogen-bond acceptors (Lipinski definition) is 4. The van der Waals surface area contributed by atoms with Gasteiger partial charge in [0.25, 0.3) is 5.91 Å². The van der Waals surface area contributed by atoms with Crippen LogP contribution in [0.2, 0.25) is 0 Å². The van der Waals surface area contributed by atoms with E-state index in [-0.39, 0.29) is 11.1 Å². The Morgan fingerprint density at radius 3 is 2.43 bits per heavy atom. The van der Waals surface area contributed by atoms with E-state index in [1.807, 2.05) is 18.2 Å². The Labute approximate surface area is 174 Å². The monoisotopic (exact) mass is 484 g/mol. The van der Waals surface area contributed by atoms with Gasteiger partial charge in [0.1, 0.15) is 23.2 Å². The lowest BCUT2D eigenvalue weighted by Gasteiger charge is -2.05. The zero-order valence-electron chi connectivity index (χ0n) is 14.3. The Morgan fingerprint density at radius 2 is 1.79 bits per heavy atom. The summed E-state index contributed by atoms with van der Waals surface area (Å²) in [5.74, 6) is -0.701. The molecule has 0 aliphatic rings. The number of nitrogens with one attached hydrogen (secondary N) is 1. The first kappa shape index (κ1) is 19.4. The summed E-state index contributed by atoms with van der Waals surface area (Å²) in [6.07, 6.45) is 1.36. The second kappa shape index (κ2) is 8.54. The van der Waals surface area contributed by atoms with E-state index >= 15 is 0 Å². The molecule has 138 valence electrons. The fourth-order valence-electron chi connectivity index (χ4n) is 2.41. The molecule has 0 atom stereocenters. The number of hydrogen-bond donors (Lipinski definition) is 2. The van der Waals surface area contributed by atoms with Gasteiger partial charge >= 0.3 is 5.97 Å². The number of para-hydroxylation sites is 1. The van der Waals surface area contributed by atoms with Crippen LogP contribution >= 0.6 is 22.6 Å². The van der Waals surface area contributed by atoms with E-state index in [0.717, 1.165) is 3.57 Å². The number of nitrogens with zero attached hydrogens (tertiary/aromatic N) is 1. The highest BCUT2D eigenvalue weighted by molar-refractivity contribution is 14.1. The van der Waals surface area contributed by atoms with Crippen LogP contribution in [0.3, 0.4) is 0 Å². The molecule has 1 heterocycles. The number of nitriles is 1. The number of benzene rings is 2. The predicted molar refractivity (Wildman–Crippen MR) is 112 cm³/mol. The van der Waals surface area contributed by atoms with E-state index in [1.165, 1.54) is 18.2 Å². The number of aromatic carboxylic acids is 1. The maximum Gasteiger partial charge on any atom is 0.335 e. The van der Waals surface area contributed by atoms with Crippen LogP contribution in [0.1, 0.15) is 16.1 Å². The van der Waals surface area contributed by atoms with E-state index in [2.05, 4.69) is 27.9 Å². The summed E-state index contributed by atoms with van der Waals surface area (Å²) in [6.45, 7) is 0. The Bertz CT molecular complexity index is 1110. The minimum Gasteiger partial charge on any atom is -0.478 e. The molecule has 1 aromatic heterocycles. The Hall–Kier alpha value is -3.38. The Morgan fingerprint density at radius 1 is 1.07 bits per heavy atom. The number of carboxylic acid groups (broad SMARTS) is 1. The SMILES string of the molecule is N#C/C(=C/c1ccc(-c2ccc(C(=O)O)cc2)o1)C(=O)Nc1ccccc1I. The second-order valence-corrected chi connectivity index (χ2v) is 6.85. The number of carboxylic acids is 1. The molecular formula is C21H13IN2O4. The lowest BCUT2D eigenvalue weighted by Crippen LogP contribution is -2.14. The summed E-state index contributed by atoms with van der Waals surface area (Å²) in [6, 6.07) is 18.7. The highest BCUT2D eigenvalue weighted by Gasteiger charge is 2.13. The minimum absolute atomic E-state index is 0.0956. The summed E-state index contributed by atoms with van der Waals surface area (Å²) in [5.41, 5.74) is 1.38. The molecule has 0 saturated carbocycles. The van der Waals surface area contributed by atoms with Gasteiger partial charge in [-0.3, -0.25) is 4.79 Å². The molecule has 0 radical (unpaired) electrons. The number of carbonyl (C=O) groups is 2. The van der Waals surface area contributed by atoms with Crippen LogP contribution in [0.15, 0.2) is 70.7 Å². The molecule has 7 heteroatoms. The van der Waals surface area contributed by atoms with Crippen molar-refractivity contribution < 1.29 is 19.1 Å². The summed E-state index contributed by atoms with van der Waals surface area (Å²) >= 11 is 2.10. The van der Waals surface area contributed by atoms with Crippen LogP contribution in [0.4, 0.5) is 5.69 Å². The molecule has 0 bridgehead atoms. The van der Waals surface area contributed by atoms with Crippen LogP contribution in [-0.2, 0) is 4.79 Å². The van der Waals surface area contributed by atoms with Gasteiger partial charge in [0.2, 0.25) is 0 Å². The normalized spacial score (nSPS) is 10.9. The van der Waals surface area contributed by atoms with E-state index in [4.69, 9.17) is 9.52 Å². The van der Waals surface area contributed by atoms with Crippen molar-refractivity contribution in [2.45, 2.75) is 0 Å². The smallest absolute Gasteiger partial charge is 0.335 e. The van der Waals surface area contributed by atoms with Gasteiger partial charge in [0, 0.05) is 15.2 Å². The van der Waals surface area contributed by atoms with Crippen molar-refractivity contribution in [3.63, 3.8) is 0 Å². The molecule has 2 N–H and O–H groups in total. The van der Waals surface area contributed by atoms with Gasteiger partial charge in [0.05, 0.1) is 11.3 Å². The van der Waals surface area contributed by atoms with Crippen molar-refractivity contribution in [1.29, 1.82) is 5.26 Å². The molecule has 1 amide bonds. The number of furan rings is 1. The third-order valence-electron chi connectivity index (χ3n) is 3.82. The number of halogens is 1. The average molecular weight is 484 g/mol. The van der Waals surface area contributed by atoms with Crippen LogP contribution in [0, 0.1) is 14.9 Å². The average Bonchev–Trinajstić information content (AvgIpc) is 3.16. The van der Waals surface area contributed by atoms with Crippen molar-refractivity contribution >= 4 is 46.2 Å². The van der Waals surface area contributed by atoms with Crippen molar-refractivity contribution in [3.8, 4) is 17.4 Å². The summed E-state index contributed by atoms with van der Waals surface area (Å²) < 4.78 is 6.53. The lowest BCUT2D eigenvalue weighted by molar-refractivity contribution is -0.112. The van der Waals surface area contributed by atoms with Crippen LogP contribution in [0.5, 0.6) is 0 Å². The molecule has 2 aromatic carbocycles. The summed E-state index contributed by atoms with van der Waals surface area (Å²) in [4.78, 5) is 23.3. The predicted octanol–water partition coefficient (Wildman–Crippen LogP) is 4.80. The fourth-order valence-corrected chi connectivity index (χ4v) is 2.93. The molecule has 28 heavy (non-hydrogen) atoms. The zero-order chi connectivity index (χ0) is 20.1. The van der Waals surface area contributed by atoms with E-state index in [9.17, 15) is 14.9 Å². The van der Waals surface area contributed by atoms with Crippen LogP contribution in [-0.4, -0.2) is 17.0 Å². The third kappa shape index (κ3) is 4.47. The maximum atomic E-state index is 12.4. The first-order chi connectivity index (χ1) is 13.5. The molecule has 0 unspecified atom stereocenters. The number of anilines is 1. The van der Waals surface area contributed by atoms with Crippen LogP contribution in [0.25, 0.3) is 17.4 Å². The van der Waals surface area contributed by atoms with E-state index in [0.29, 0.717) is 22.8 Å². The van der Waals surface area contributed by atoms with Gasteiger partial charge < -0.3 is 14.8 Å². The van der Waals surface area contributed by atoms with Crippen molar-refractivity contribution in [3.05, 3.63) is 81.1 Å². The van der Waals surface area contributed by atoms with Gasteiger partial charge in [-0.25, -0.2) is 4.79 Å². The Balaban J connectivity index is 1.80. The van der Waals surface area contributed by atoms with Gasteiger partial charge in [-0.1, -0.05) is 24.3 Å². The molecule has 0 fully saturated rings. The zero-order valence-corrected chi connectivity index (χ0v) is 16.5. The first-order valence-corrected chi connectivity index (χ1v) is 9.17. The quantitative estimate of drug-likeness (QED) is 0.308. The summed E-state index contributed by atoms with van der Waals surface area (Å²) in [7, 11) is 0. The standard InChI is InChI=1S/C21H13IN2O4/c22-17-3-1-2-4-18(17)24-20(25)15(12-23)11-16-9-10-19(28-16)13-5-7-14(8-6-13)21(26)27/h1-11H,(H,24,25)(H,26,27)/b15-11-. The highest BCUT2D eigenvalue weighted by atomic mass is 127. The summed E-state index contributed by atoms with van der Waals surface area (Å²) in [5, 5.41) is 21.0. The largest absolute Gasteiger partial charge is 0.478 e. The van der Waals surface area contributed by atoms with Gasteiger partial charge in [-0.15, -0.1) is 0 Å². The molecule has 3 aromatic rings. The van der Waals surface area contributed by atoms with Crippen molar-refractivity contribution in [1.82, 2.24) is 0 Å². The Kier molecular flexibility index (Phi) is 5.91. The molecule has 0 aliphatic heterocycles. The lowest BCUT2D eigenvalue weighted by atomic mass is 10.1. The molecule has 0 saturated heterocycles. The molecule has 3 rings (SSSR count). The van der Waals surface area contributed by atoms with E-state index in [1.54, 1.807) is 36.4 Å². The maximum absolute atomic E-state index is 12.4. The van der Waals surface area contributed by atoms with E-state index < -0.39 is 11.9 Å². The van der Waals surface area contributed by atoms with Crippen molar-refractivity contribution in [2.24, 2.45) is 0 Å². The molecular weight excluding hydrogens is 471 g/mol. The topological polar surface area (TPSA) is 103 Å². The van der Waals surface area contributed by atoms with Crippen LogP contribution < -0.4 is 5.32 Å². The van der Waals surface area contributed by atoms with Crippen molar-refractivity contribution in [2.75, 3.05) is 5.32 Å². The highest BCUT2D eigenvalue weighted by Crippen LogP contribution is 2.24. The van der Waals surface area contributed by atoms with Gasteiger partial charge in [-0.2, -0.15) is 5.26 Å². The third-order valence-corrected chi connectivity index (χ3v) is 4.76. The fraction of sp³-hybridized carbons (Fsp3) is 0. The number of rotatable bonds is 5.